The number of carboxylic acids is 1. The van der Waals surface area contributed by atoms with E-state index in [0.717, 1.165) is 18.6 Å². The number of carboxylic acid groups (broad SMARTS) is 1. The van der Waals surface area contributed by atoms with Gasteiger partial charge in [0.05, 0.1) is 6.42 Å². The molecule has 21 heavy (non-hydrogen) atoms. The van der Waals surface area contributed by atoms with Crippen molar-refractivity contribution < 1.29 is 23.5 Å². The molecule has 1 atom stereocenters. The highest BCUT2D eigenvalue weighted by Crippen LogP contribution is 2.27. The van der Waals surface area contributed by atoms with Crippen molar-refractivity contribution in [3.8, 4) is 0 Å². The maximum absolute atomic E-state index is 13.3. The van der Waals surface area contributed by atoms with E-state index < -0.39 is 23.5 Å². The zero-order valence-electron chi connectivity index (χ0n) is 12.1. The Kier molecular flexibility index (Phi) is 6.99. The molecule has 1 unspecified atom stereocenters. The van der Waals surface area contributed by atoms with Crippen LogP contribution in [0.4, 0.5) is 8.78 Å². The standard InChI is InChI=1S/C16H20F2O3/c1-2-4-13(19)6-3-5-11(10-16(20)21)12-7-8-14(17)15(18)9-12/h7-9,11H,2-6,10H2,1H3,(H,20,21). The van der Waals surface area contributed by atoms with Gasteiger partial charge in [0, 0.05) is 12.8 Å². The Balaban J connectivity index is 2.69. The lowest BCUT2D eigenvalue weighted by Crippen LogP contribution is -2.08. The van der Waals surface area contributed by atoms with Gasteiger partial charge in [-0.1, -0.05) is 13.0 Å². The molecule has 0 spiro atoms. The number of rotatable bonds is 9. The lowest BCUT2D eigenvalue weighted by molar-refractivity contribution is -0.137. The second-order valence-corrected chi connectivity index (χ2v) is 5.15. The van der Waals surface area contributed by atoms with E-state index in [1.807, 2.05) is 6.92 Å². The number of aliphatic carboxylic acids is 1. The third-order valence-electron chi connectivity index (χ3n) is 3.37. The molecule has 0 aliphatic heterocycles. The fourth-order valence-corrected chi connectivity index (χ4v) is 2.31. The second-order valence-electron chi connectivity index (χ2n) is 5.15. The second kappa shape index (κ2) is 8.49. The molecule has 0 saturated heterocycles. The summed E-state index contributed by atoms with van der Waals surface area (Å²) < 4.78 is 26.2. The number of hydrogen-bond donors (Lipinski definition) is 1. The molecule has 1 rings (SSSR count). The predicted molar refractivity (Wildman–Crippen MR) is 75.1 cm³/mol. The minimum atomic E-state index is -0.996. The molecule has 0 aliphatic carbocycles. The Labute approximate surface area is 123 Å². The van der Waals surface area contributed by atoms with Crippen LogP contribution in [0.5, 0.6) is 0 Å². The molecule has 0 aliphatic rings. The third-order valence-corrected chi connectivity index (χ3v) is 3.37. The van der Waals surface area contributed by atoms with E-state index in [9.17, 15) is 18.4 Å². The number of benzene rings is 1. The first kappa shape index (κ1) is 17.3. The van der Waals surface area contributed by atoms with Crippen LogP contribution in [0.3, 0.4) is 0 Å². The van der Waals surface area contributed by atoms with Gasteiger partial charge in [-0.15, -0.1) is 0 Å². The Morgan fingerprint density at radius 3 is 2.48 bits per heavy atom. The summed E-state index contributed by atoms with van der Waals surface area (Å²) in [6.45, 7) is 1.92. The molecule has 0 amide bonds. The fraction of sp³-hybridized carbons (Fsp3) is 0.500. The van der Waals surface area contributed by atoms with E-state index in [1.165, 1.54) is 6.07 Å². The van der Waals surface area contributed by atoms with Crippen LogP contribution < -0.4 is 0 Å². The van der Waals surface area contributed by atoms with Crippen molar-refractivity contribution in [1.29, 1.82) is 0 Å². The molecule has 1 aromatic carbocycles. The summed E-state index contributed by atoms with van der Waals surface area (Å²) in [5.74, 6) is -3.19. The Morgan fingerprint density at radius 1 is 1.19 bits per heavy atom. The molecule has 0 fully saturated rings. The molecule has 0 radical (unpaired) electrons. The summed E-state index contributed by atoms with van der Waals surface area (Å²) >= 11 is 0. The van der Waals surface area contributed by atoms with Gasteiger partial charge in [0.25, 0.3) is 0 Å². The van der Waals surface area contributed by atoms with Crippen LogP contribution in [0, 0.1) is 11.6 Å². The SMILES string of the molecule is CCCC(=O)CCCC(CC(=O)O)c1ccc(F)c(F)c1. The first-order valence-corrected chi connectivity index (χ1v) is 7.12. The Hall–Kier alpha value is -1.78. The van der Waals surface area contributed by atoms with Gasteiger partial charge in [-0.05, 0) is 42.9 Å². The Morgan fingerprint density at radius 2 is 1.90 bits per heavy atom. The summed E-state index contributed by atoms with van der Waals surface area (Å²) in [6, 6.07) is 3.44. The number of ketones is 1. The maximum atomic E-state index is 13.3. The van der Waals surface area contributed by atoms with Crippen LogP contribution in [0.25, 0.3) is 0 Å². The van der Waals surface area contributed by atoms with Gasteiger partial charge in [0.15, 0.2) is 11.6 Å². The van der Waals surface area contributed by atoms with Gasteiger partial charge in [0.1, 0.15) is 5.78 Å². The normalized spacial score (nSPS) is 12.1. The van der Waals surface area contributed by atoms with E-state index in [4.69, 9.17) is 5.11 Å². The number of Topliss-reactive ketones (excluding diaryl/α,β-unsaturated/α-hetero) is 1. The van der Waals surface area contributed by atoms with Crippen molar-refractivity contribution in [3.63, 3.8) is 0 Å². The lowest BCUT2D eigenvalue weighted by atomic mass is 9.90. The van der Waals surface area contributed by atoms with Crippen molar-refractivity contribution in [3.05, 3.63) is 35.4 Å². The molecule has 0 aromatic heterocycles. The fourth-order valence-electron chi connectivity index (χ4n) is 2.31. The van der Waals surface area contributed by atoms with Gasteiger partial charge in [0.2, 0.25) is 0 Å². The Bertz CT molecular complexity index is 500. The number of halogens is 2. The highest BCUT2D eigenvalue weighted by molar-refractivity contribution is 5.78. The first-order valence-electron chi connectivity index (χ1n) is 7.12. The quantitative estimate of drug-likeness (QED) is 0.748. The molecular formula is C16H20F2O3. The molecule has 1 N–H and O–H groups in total. The predicted octanol–water partition coefficient (Wildman–Crippen LogP) is 4.06. The zero-order valence-corrected chi connectivity index (χ0v) is 12.1. The summed E-state index contributed by atoms with van der Waals surface area (Å²) in [4.78, 5) is 22.4. The van der Waals surface area contributed by atoms with E-state index in [-0.39, 0.29) is 12.2 Å². The molecular weight excluding hydrogens is 278 g/mol. The van der Waals surface area contributed by atoms with Crippen LogP contribution in [0.1, 0.15) is 56.9 Å². The molecule has 5 heteroatoms. The van der Waals surface area contributed by atoms with Crippen molar-refractivity contribution >= 4 is 11.8 Å². The van der Waals surface area contributed by atoms with E-state index in [1.54, 1.807) is 0 Å². The topological polar surface area (TPSA) is 54.4 Å². The van der Waals surface area contributed by atoms with Gasteiger partial charge >= 0.3 is 5.97 Å². The monoisotopic (exact) mass is 298 g/mol. The average Bonchev–Trinajstić information content (AvgIpc) is 2.40. The third kappa shape index (κ3) is 6.02. The van der Waals surface area contributed by atoms with E-state index in [2.05, 4.69) is 0 Å². The lowest BCUT2D eigenvalue weighted by Gasteiger charge is -2.15. The van der Waals surface area contributed by atoms with Crippen LogP contribution in [0.2, 0.25) is 0 Å². The molecule has 0 saturated carbocycles. The van der Waals surface area contributed by atoms with Crippen molar-refractivity contribution in [2.24, 2.45) is 0 Å². The van der Waals surface area contributed by atoms with Gasteiger partial charge in [-0.2, -0.15) is 0 Å². The summed E-state index contributed by atoms with van der Waals surface area (Å²) in [5, 5.41) is 8.93. The smallest absolute Gasteiger partial charge is 0.303 e. The molecule has 0 bridgehead atoms. The van der Waals surface area contributed by atoms with Crippen molar-refractivity contribution in [1.82, 2.24) is 0 Å². The maximum Gasteiger partial charge on any atom is 0.303 e. The largest absolute Gasteiger partial charge is 0.481 e. The van der Waals surface area contributed by atoms with Crippen LogP contribution in [-0.2, 0) is 9.59 Å². The average molecular weight is 298 g/mol. The number of carbonyl (C=O) groups excluding carboxylic acids is 1. The zero-order chi connectivity index (χ0) is 15.8. The van der Waals surface area contributed by atoms with Gasteiger partial charge in [-0.3, -0.25) is 9.59 Å². The number of hydrogen-bond acceptors (Lipinski definition) is 2. The van der Waals surface area contributed by atoms with Gasteiger partial charge < -0.3 is 5.11 Å². The van der Waals surface area contributed by atoms with Crippen LogP contribution in [-0.4, -0.2) is 16.9 Å². The summed E-state index contributed by atoms with van der Waals surface area (Å²) in [7, 11) is 0. The van der Waals surface area contributed by atoms with Crippen molar-refractivity contribution in [2.45, 2.75) is 51.4 Å². The van der Waals surface area contributed by atoms with Crippen molar-refractivity contribution in [2.75, 3.05) is 0 Å². The van der Waals surface area contributed by atoms with Crippen LogP contribution >= 0.6 is 0 Å². The van der Waals surface area contributed by atoms with Crippen LogP contribution in [0.15, 0.2) is 18.2 Å². The highest BCUT2D eigenvalue weighted by atomic mass is 19.2. The minimum absolute atomic E-state index is 0.150. The summed E-state index contributed by atoms with van der Waals surface area (Å²) in [5.41, 5.74) is 0.458. The summed E-state index contributed by atoms with van der Waals surface area (Å²) in [6.07, 6.45) is 2.57. The van der Waals surface area contributed by atoms with Gasteiger partial charge in [-0.25, -0.2) is 8.78 Å². The van der Waals surface area contributed by atoms with E-state index in [0.29, 0.717) is 31.2 Å². The van der Waals surface area contributed by atoms with E-state index >= 15 is 0 Å². The highest BCUT2D eigenvalue weighted by Gasteiger charge is 2.17. The number of carbonyl (C=O) groups is 2. The molecule has 0 heterocycles. The molecule has 116 valence electrons. The first-order chi connectivity index (χ1) is 9.93. The minimum Gasteiger partial charge on any atom is -0.481 e. The molecule has 3 nitrogen and oxygen atoms in total. The molecule has 1 aromatic rings.